The summed E-state index contributed by atoms with van der Waals surface area (Å²) < 4.78 is 6.94. The number of hydrogen-bond acceptors (Lipinski definition) is 10. The van der Waals surface area contributed by atoms with Gasteiger partial charge in [-0.2, -0.15) is 0 Å². The molecule has 13 heteroatoms. The molecule has 10 nitrogen and oxygen atoms in total. The Morgan fingerprint density at radius 1 is 1.06 bits per heavy atom. The first kappa shape index (κ1) is 31.2. The quantitative estimate of drug-likeness (QED) is 0.197. The zero-order valence-corrected chi connectivity index (χ0v) is 27.1. The summed E-state index contributed by atoms with van der Waals surface area (Å²) in [5.41, 5.74) is 2.19. The molecule has 47 heavy (non-hydrogen) atoms. The van der Waals surface area contributed by atoms with Gasteiger partial charge in [0.05, 0.1) is 21.5 Å². The zero-order chi connectivity index (χ0) is 32.7. The highest BCUT2D eigenvalue weighted by Crippen LogP contribution is 2.45. The molecule has 4 aromatic rings. The molecule has 3 aliphatic heterocycles. The second-order valence-electron chi connectivity index (χ2n) is 11.2. The van der Waals surface area contributed by atoms with Crippen molar-refractivity contribution < 1.29 is 34.1 Å². The molecular formula is C34H27N3O7S3. The molecule has 2 N–H and O–H groups in total. The van der Waals surface area contributed by atoms with Crippen molar-refractivity contribution in [3.8, 4) is 5.75 Å². The summed E-state index contributed by atoms with van der Waals surface area (Å²) in [5.74, 6) is -1.56. The number of thiazole rings is 1. The van der Waals surface area contributed by atoms with Crippen molar-refractivity contribution in [2.45, 2.75) is 24.3 Å². The van der Waals surface area contributed by atoms with Crippen LogP contribution in [0.4, 0.5) is 0 Å². The summed E-state index contributed by atoms with van der Waals surface area (Å²) in [5, 5.41) is 22.2. The molecule has 3 unspecified atom stereocenters. The van der Waals surface area contributed by atoms with Crippen molar-refractivity contribution in [1.29, 1.82) is 0 Å². The number of amides is 1. The van der Waals surface area contributed by atoms with Crippen LogP contribution in [0.3, 0.4) is 0 Å². The van der Waals surface area contributed by atoms with Gasteiger partial charge >= 0.3 is 11.9 Å². The summed E-state index contributed by atoms with van der Waals surface area (Å²) in [4.78, 5) is 59.5. The van der Waals surface area contributed by atoms with Gasteiger partial charge in [0.2, 0.25) is 5.91 Å². The highest BCUT2D eigenvalue weighted by Gasteiger charge is 2.53. The lowest BCUT2D eigenvalue weighted by Crippen LogP contribution is -2.61. The maximum atomic E-state index is 13.0. The molecule has 0 spiro atoms. The predicted molar refractivity (Wildman–Crippen MR) is 183 cm³/mol. The van der Waals surface area contributed by atoms with Gasteiger partial charge in [0.15, 0.2) is 6.04 Å². The summed E-state index contributed by atoms with van der Waals surface area (Å²) >= 11 is 4.36. The lowest BCUT2D eigenvalue weighted by atomic mass is 9.89. The van der Waals surface area contributed by atoms with E-state index < -0.39 is 23.9 Å². The van der Waals surface area contributed by atoms with Crippen LogP contribution in [-0.4, -0.2) is 78.3 Å². The Balaban J connectivity index is 1.00. The van der Waals surface area contributed by atoms with Crippen LogP contribution in [0.25, 0.3) is 21.0 Å². The van der Waals surface area contributed by atoms with E-state index in [2.05, 4.69) is 9.98 Å². The first-order valence-corrected chi connectivity index (χ1v) is 17.6. The maximum absolute atomic E-state index is 13.0. The number of aliphatic carboxylic acids is 2. The molecule has 1 saturated heterocycles. The molecule has 0 bridgehead atoms. The van der Waals surface area contributed by atoms with Crippen LogP contribution in [0.5, 0.6) is 5.75 Å². The van der Waals surface area contributed by atoms with Crippen molar-refractivity contribution in [2.24, 2.45) is 10.9 Å². The molecule has 3 aromatic carbocycles. The van der Waals surface area contributed by atoms with E-state index in [0.29, 0.717) is 32.9 Å². The van der Waals surface area contributed by atoms with E-state index in [1.54, 1.807) is 12.2 Å². The highest BCUT2D eigenvalue weighted by molar-refractivity contribution is 8.15. The average molecular weight is 686 g/mol. The lowest BCUT2D eigenvalue weighted by Gasteiger charge is -2.49. The number of β-lactam (4-membered cyclic amide) rings is 1. The fourth-order valence-electron chi connectivity index (χ4n) is 5.87. The Bertz CT molecular complexity index is 2040. The number of fused-ring (bicyclic) bond motifs is 4. The van der Waals surface area contributed by atoms with Gasteiger partial charge in [0.25, 0.3) is 0 Å². The number of aromatic nitrogens is 1. The Labute approximate surface area is 281 Å². The number of nitrogens with zero attached hydrogens (tertiary/aromatic N) is 3. The number of allylic oxidation sites excluding steroid dienone is 1. The Morgan fingerprint density at radius 2 is 1.89 bits per heavy atom. The van der Waals surface area contributed by atoms with E-state index in [9.17, 15) is 29.4 Å². The molecule has 7 rings (SSSR count). The summed E-state index contributed by atoms with van der Waals surface area (Å²) in [6.45, 7) is 0.190. The van der Waals surface area contributed by atoms with E-state index in [4.69, 9.17) is 4.74 Å². The fourth-order valence-corrected chi connectivity index (χ4v) is 9.46. The number of ketones is 1. The first-order chi connectivity index (χ1) is 22.8. The van der Waals surface area contributed by atoms with Gasteiger partial charge < -0.3 is 14.9 Å². The Kier molecular flexibility index (Phi) is 8.60. The van der Waals surface area contributed by atoms with Crippen LogP contribution in [0, 0.1) is 5.92 Å². The van der Waals surface area contributed by atoms with Gasteiger partial charge in [-0.25, -0.2) is 14.6 Å². The lowest BCUT2D eigenvalue weighted by molar-refractivity contribution is -0.153. The van der Waals surface area contributed by atoms with Gasteiger partial charge in [-0.05, 0) is 46.9 Å². The van der Waals surface area contributed by atoms with Crippen LogP contribution in [-0.2, 0) is 25.6 Å². The average Bonchev–Trinajstić information content (AvgIpc) is 3.74. The molecule has 0 aliphatic carbocycles. The normalized spacial score (nSPS) is 20.9. The zero-order valence-electron chi connectivity index (χ0n) is 24.7. The Morgan fingerprint density at radius 3 is 2.66 bits per heavy atom. The van der Waals surface area contributed by atoms with E-state index in [1.165, 1.54) is 39.8 Å². The van der Waals surface area contributed by atoms with Crippen molar-refractivity contribution in [3.05, 3.63) is 94.7 Å². The molecule has 238 valence electrons. The molecule has 0 radical (unpaired) electrons. The number of Topliss-reactive ketones (excluding diaryl/α,β-unsaturated/α-hetero) is 1. The number of carbonyl (C=O) groups excluding carboxylic acids is 2. The molecule has 4 heterocycles. The molecule has 0 saturated carbocycles. The van der Waals surface area contributed by atoms with Gasteiger partial charge in [-0.15, -0.1) is 34.9 Å². The van der Waals surface area contributed by atoms with Crippen LogP contribution >= 0.6 is 34.9 Å². The highest BCUT2D eigenvalue weighted by atomic mass is 32.2. The minimum absolute atomic E-state index is 0.0396. The minimum atomic E-state index is -1.18. The molecular weight excluding hydrogens is 659 g/mol. The third kappa shape index (κ3) is 6.18. The monoisotopic (exact) mass is 685 g/mol. The summed E-state index contributed by atoms with van der Waals surface area (Å²) in [7, 11) is 0. The SMILES string of the molecule is O=C(Cc1ccccc1)CC1C(=O)N2C(C(=O)O)=C(/C=C/COc3ccc4c(ccc5nc(C6=NC(C(=O)O)CS6)sc54)c3)CSC12. The van der Waals surface area contributed by atoms with Gasteiger partial charge in [-0.1, -0.05) is 42.5 Å². The number of hydrogen-bond donors (Lipinski definition) is 2. The largest absolute Gasteiger partial charge is 0.490 e. The third-order valence-corrected chi connectivity index (χ3v) is 11.8. The summed E-state index contributed by atoms with van der Waals surface area (Å²) in [6, 6.07) is 18.2. The molecule has 1 amide bonds. The van der Waals surface area contributed by atoms with Crippen LogP contribution in [0.15, 0.2) is 89.1 Å². The second kappa shape index (κ2) is 13.0. The van der Waals surface area contributed by atoms with Crippen molar-refractivity contribution in [1.82, 2.24) is 9.88 Å². The number of rotatable bonds is 11. The van der Waals surface area contributed by atoms with Crippen molar-refractivity contribution >= 4 is 84.5 Å². The smallest absolute Gasteiger partial charge is 0.352 e. The van der Waals surface area contributed by atoms with E-state index in [0.717, 1.165) is 26.6 Å². The first-order valence-electron chi connectivity index (χ1n) is 14.8. The van der Waals surface area contributed by atoms with Crippen molar-refractivity contribution in [2.75, 3.05) is 18.1 Å². The van der Waals surface area contributed by atoms with Gasteiger partial charge in [0.1, 0.15) is 33.9 Å². The number of carbonyl (C=O) groups is 4. The number of benzene rings is 3. The van der Waals surface area contributed by atoms with Crippen LogP contribution in [0.1, 0.15) is 17.0 Å². The molecule has 3 aliphatic rings. The molecule has 1 aromatic heterocycles. The molecule has 3 atom stereocenters. The maximum Gasteiger partial charge on any atom is 0.352 e. The number of carboxylic acid groups (broad SMARTS) is 2. The number of carboxylic acids is 2. The fraction of sp³-hybridized carbons (Fsp3) is 0.235. The van der Waals surface area contributed by atoms with E-state index in [-0.39, 0.29) is 42.2 Å². The summed E-state index contributed by atoms with van der Waals surface area (Å²) in [6.07, 6.45) is 3.77. The van der Waals surface area contributed by atoms with Crippen molar-refractivity contribution in [3.63, 3.8) is 0 Å². The number of thioether (sulfide) groups is 2. The van der Waals surface area contributed by atoms with Gasteiger partial charge in [0, 0.05) is 29.7 Å². The third-order valence-electron chi connectivity index (χ3n) is 8.13. The van der Waals surface area contributed by atoms with Gasteiger partial charge in [-0.3, -0.25) is 19.5 Å². The van der Waals surface area contributed by atoms with E-state index in [1.807, 2.05) is 60.7 Å². The minimum Gasteiger partial charge on any atom is -0.490 e. The second-order valence-corrected chi connectivity index (χ2v) is 14.3. The Hall–Kier alpha value is -4.46. The topological polar surface area (TPSA) is 146 Å². The van der Waals surface area contributed by atoms with Crippen LogP contribution in [0.2, 0.25) is 0 Å². The molecule has 1 fully saturated rings. The standard InChI is InChI=1S/C34H27N3O7S3/c38-21(13-18-5-2-1-3-6-18)15-24-31(39)37-27(34(42)43)20(16-46-32(24)37)7-4-12-44-22-9-10-23-19(14-22)8-11-25-28(23)47-30(35-25)29-36-26(17-45-29)33(40)41/h1-11,14,24,26,32H,12-13,15-17H2,(H,40,41)(H,42,43)/b7-4+. The number of aliphatic imine (C=N–C) groups is 1. The van der Waals surface area contributed by atoms with Crippen LogP contribution < -0.4 is 4.74 Å². The van der Waals surface area contributed by atoms with E-state index >= 15 is 0 Å². The predicted octanol–water partition coefficient (Wildman–Crippen LogP) is 5.40. The number of ether oxygens (including phenoxy) is 1.